The maximum atomic E-state index is 5.63. The van der Waals surface area contributed by atoms with E-state index in [1.807, 2.05) is 28.5 Å². The van der Waals surface area contributed by atoms with Crippen molar-refractivity contribution in [2.45, 2.75) is 12.8 Å². The van der Waals surface area contributed by atoms with Gasteiger partial charge in [0.1, 0.15) is 6.33 Å². The Bertz CT molecular complexity index is 664. The largest absolute Gasteiger partial charge is 0.302 e. The van der Waals surface area contributed by atoms with E-state index in [9.17, 15) is 0 Å². The zero-order chi connectivity index (χ0) is 14.8. The molecule has 2 aliphatic heterocycles. The number of nitrogens with zero attached hydrogens (tertiary/aromatic N) is 7. The first-order valence-electron chi connectivity index (χ1n) is 7.22. The van der Waals surface area contributed by atoms with Crippen LogP contribution >= 0.6 is 0 Å². The first-order valence-corrected chi connectivity index (χ1v) is 7.22. The summed E-state index contributed by atoms with van der Waals surface area (Å²) < 4.78 is 1.73. The first-order chi connectivity index (χ1) is 10.9. The molecule has 9 heteroatoms. The second-order valence-electron chi connectivity index (χ2n) is 5.08. The van der Waals surface area contributed by atoms with E-state index in [-0.39, 0.29) is 0 Å². The van der Waals surface area contributed by atoms with Crippen molar-refractivity contribution in [2.24, 2.45) is 0 Å². The number of hydroxylamine groups is 1. The zero-order valence-electron chi connectivity index (χ0n) is 12.0. The highest BCUT2D eigenvalue weighted by Crippen LogP contribution is 2.22. The molecule has 1 N–H and O–H groups in total. The topological polar surface area (TPSA) is 84.2 Å². The van der Waals surface area contributed by atoms with Crippen molar-refractivity contribution in [2.75, 3.05) is 29.8 Å². The highest BCUT2D eigenvalue weighted by molar-refractivity contribution is 5.59. The van der Waals surface area contributed by atoms with E-state index in [4.69, 9.17) is 4.84 Å². The lowest BCUT2D eigenvalue weighted by molar-refractivity contribution is 0.0761. The number of hydrogen-bond acceptors (Lipinski definition) is 8. The van der Waals surface area contributed by atoms with Gasteiger partial charge in [0, 0.05) is 18.8 Å². The van der Waals surface area contributed by atoms with E-state index in [1.165, 1.54) is 0 Å². The molecule has 2 aromatic rings. The predicted octanol–water partition coefficient (Wildman–Crippen LogP) is 0.423. The maximum absolute atomic E-state index is 5.63. The smallest absolute Gasteiger partial charge is 0.157 e. The van der Waals surface area contributed by atoms with Crippen molar-refractivity contribution in [1.82, 2.24) is 30.4 Å². The molecule has 0 aromatic carbocycles. The van der Waals surface area contributed by atoms with Crippen molar-refractivity contribution < 1.29 is 4.84 Å². The van der Waals surface area contributed by atoms with Gasteiger partial charge in [-0.3, -0.25) is 9.85 Å². The monoisotopic (exact) mass is 300 g/mol. The van der Waals surface area contributed by atoms with Gasteiger partial charge in [-0.05, 0) is 12.8 Å². The molecule has 9 nitrogen and oxygen atoms in total. The number of nitrogens with one attached hydrogen (secondary N) is 1. The van der Waals surface area contributed by atoms with E-state index in [2.05, 4.69) is 25.7 Å². The third-order valence-corrected chi connectivity index (χ3v) is 3.60. The summed E-state index contributed by atoms with van der Waals surface area (Å²) >= 11 is 0. The highest BCUT2D eigenvalue weighted by Gasteiger charge is 2.20. The zero-order valence-corrected chi connectivity index (χ0v) is 12.0. The molecule has 0 amide bonds. The molecule has 0 aliphatic carbocycles. The summed E-state index contributed by atoms with van der Waals surface area (Å²) in [4.78, 5) is 14.2. The lowest BCUT2D eigenvalue weighted by Crippen LogP contribution is -2.33. The number of aromatic nitrogens is 5. The minimum atomic E-state index is 0.640. The molecule has 0 spiro atoms. The van der Waals surface area contributed by atoms with Gasteiger partial charge in [-0.1, -0.05) is 5.21 Å². The van der Waals surface area contributed by atoms with E-state index >= 15 is 0 Å². The summed E-state index contributed by atoms with van der Waals surface area (Å²) in [6.07, 6.45) is 9.10. The number of anilines is 2. The van der Waals surface area contributed by atoms with Crippen molar-refractivity contribution in [1.29, 1.82) is 0 Å². The fraction of sp³-hybridized carbons (Fsp3) is 0.385. The highest BCUT2D eigenvalue weighted by atomic mass is 16.7. The molecule has 0 radical (unpaired) electrons. The Hall–Kier alpha value is -2.68. The second-order valence-corrected chi connectivity index (χ2v) is 5.08. The van der Waals surface area contributed by atoms with E-state index in [0.717, 1.165) is 43.3 Å². The number of rotatable bonds is 3. The molecule has 0 atom stereocenters. The van der Waals surface area contributed by atoms with Gasteiger partial charge in [0.25, 0.3) is 0 Å². The molecule has 1 saturated heterocycles. The van der Waals surface area contributed by atoms with Gasteiger partial charge in [-0.25, -0.2) is 19.7 Å². The van der Waals surface area contributed by atoms with Crippen LogP contribution in [-0.2, 0) is 4.84 Å². The summed E-state index contributed by atoms with van der Waals surface area (Å²) in [7, 11) is 0. The minimum absolute atomic E-state index is 0.640. The van der Waals surface area contributed by atoms with Gasteiger partial charge in [0.15, 0.2) is 11.6 Å². The van der Waals surface area contributed by atoms with Crippen LogP contribution in [0.3, 0.4) is 0 Å². The molecule has 0 bridgehead atoms. The fourth-order valence-corrected chi connectivity index (χ4v) is 2.45. The molecule has 114 valence electrons. The van der Waals surface area contributed by atoms with Crippen LogP contribution in [0, 0.1) is 0 Å². The minimum Gasteiger partial charge on any atom is -0.302 e. The predicted molar refractivity (Wildman–Crippen MR) is 79.3 cm³/mol. The van der Waals surface area contributed by atoms with Crippen LogP contribution in [0.1, 0.15) is 12.8 Å². The summed E-state index contributed by atoms with van der Waals surface area (Å²) in [5.41, 5.74) is 4.17. The van der Waals surface area contributed by atoms with E-state index < -0.39 is 0 Å². The fourth-order valence-electron chi connectivity index (χ4n) is 2.45. The SMILES string of the molecule is C1=C(n2ccnn2)CN(c2cc(N3CCCCO3)ncn2)N1. The summed E-state index contributed by atoms with van der Waals surface area (Å²) in [6.45, 7) is 2.23. The average Bonchev–Trinajstić information content (AvgIpc) is 3.27. The van der Waals surface area contributed by atoms with Gasteiger partial charge in [-0.2, -0.15) is 0 Å². The Balaban J connectivity index is 1.49. The van der Waals surface area contributed by atoms with E-state index in [0.29, 0.717) is 6.54 Å². The summed E-state index contributed by atoms with van der Waals surface area (Å²) in [5.74, 6) is 1.56. The molecule has 4 rings (SSSR count). The maximum Gasteiger partial charge on any atom is 0.157 e. The van der Waals surface area contributed by atoms with Crippen LogP contribution in [-0.4, -0.2) is 44.7 Å². The Labute approximate surface area is 127 Å². The number of hydrogen-bond donors (Lipinski definition) is 1. The van der Waals surface area contributed by atoms with Crippen molar-refractivity contribution in [3.8, 4) is 0 Å². The van der Waals surface area contributed by atoms with Crippen LogP contribution in [0.2, 0.25) is 0 Å². The molecule has 0 unspecified atom stereocenters. The van der Waals surface area contributed by atoms with Gasteiger partial charge in [0.05, 0.1) is 31.2 Å². The van der Waals surface area contributed by atoms with Crippen LogP contribution in [0.5, 0.6) is 0 Å². The van der Waals surface area contributed by atoms with Crippen LogP contribution in [0.15, 0.2) is 31.0 Å². The second kappa shape index (κ2) is 5.60. The molecule has 2 aliphatic rings. The summed E-state index contributed by atoms with van der Waals surface area (Å²) in [5, 5.41) is 11.6. The van der Waals surface area contributed by atoms with Gasteiger partial charge in [0.2, 0.25) is 0 Å². The third kappa shape index (κ3) is 2.46. The molecule has 1 fully saturated rings. The molecular weight excluding hydrogens is 284 g/mol. The molecule has 2 aromatic heterocycles. The molecule has 22 heavy (non-hydrogen) atoms. The van der Waals surface area contributed by atoms with E-state index in [1.54, 1.807) is 17.2 Å². The Morgan fingerprint density at radius 1 is 1.18 bits per heavy atom. The normalized spacial score (nSPS) is 18.3. The summed E-state index contributed by atoms with van der Waals surface area (Å²) in [6, 6.07) is 1.91. The van der Waals surface area contributed by atoms with Gasteiger partial charge in [-0.15, -0.1) is 5.10 Å². The quantitative estimate of drug-likeness (QED) is 0.873. The lowest BCUT2D eigenvalue weighted by Gasteiger charge is -2.27. The Morgan fingerprint density at radius 3 is 2.95 bits per heavy atom. The Kier molecular flexibility index (Phi) is 3.31. The van der Waals surface area contributed by atoms with Crippen molar-refractivity contribution in [3.63, 3.8) is 0 Å². The average molecular weight is 300 g/mol. The third-order valence-electron chi connectivity index (χ3n) is 3.60. The molecule has 0 saturated carbocycles. The number of hydrazine groups is 1. The molecular formula is C13H16N8O. The van der Waals surface area contributed by atoms with Crippen LogP contribution < -0.4 is 15.5 Å². The van der Waals surface area contributed by atoms with Gasteiger partial charge >= 0.3 is 0 Å². The first kappa shape index (κ1) is 13.0. The van der Waals surface area contributed by atoms with Crippen molar-refractivity contribution in [3.05, 3.63) is 31.0 Å². The lowest BCUT2D eigenvalue weighted by atomic mass is 10.3. The van der Waals surface area contributed by atoms with Gasteiger partial charge < -0.3 is 5.43 Å². The standard InChI is InChI=1S/C13H16N8O/c1-2-6-22-21(4-1)13-7-12(14-10-15-13)20-9-11(8-17-20)19-5-3-16-18-19/h3,5,7-8,10,17H,1-2,4,6,9H2. The van der Waals surface area contributed by atoms with Crippen LogP contribution in [0.25, 0.3) is 5.70 Å². The van der Waals surface area contributed by atoms with Crippen LogP contribution in [0.4, 0.5) is 11.6 Å². The molecule has 4 heterocycles. The van der Waals surface area contributed by atoms with Crippen molar-refractivity contribution >= 4 is 17.3 Å². The Morgan fingerprint density at radius 2 is 2.14 bits per heavy atom.